The van der Waals surface area contributed by atoms with Crippen LogP contribution in [-0.2, 0) is 4.79 Å². The zero-order chi connectivity index (χ0) is 23.3. The molecule has 0 aromatic carbocycles. The Hall–Kier alpha value is -1.93. The van der Waals surface area contributed by atoms with Gasteiger partial charge >= 0.3 is 40.9 Å². The third kappa shape index (κ3) is 3.80. The molecule has 1 heterocycles. The number of anilines is 1. The number of pyridine rings is 1. The van der Waals surface area contributed by atoms with E-state index in [0.29, 0.717) is 5.56 Å². The van der Waals surface area contributed by atoms with Crippen LogP contribution < -0.4 is 5.32 Å². The lowest BCUT2D eigenvalue weighted by atomic mass is 9.94. The summed E-state index contributed by atoms with van der Waals surface area (Å²) in [4.78, 5) is 14.5. The Bertz CT molecular complexity index is 760. The maximum atomic E-state index is 13.6. The van der Waals surface area contributed by atoms with Crippen LogP contribution in [0.1, 0.15) is 5.56 Å². The van der Waals surface area contributed by atoms with E-state index in [4.69, 9.17) is 0 Å². The zero-order valence-corrected chi connectivity index (χ0v) is 14.3. The Morgan fingerprint density at radius 1 is 0.828 bits per heavy atom. The molecule has 166 valence electrons. The van der Waals surface area contributed by atoms with Crippen molar-refractivity contribution >= 4 is 23.3 Å². The number of carbonyl (C=O) groups excluding carboxylic acids is 1. The van der Waals surface area contributed by atoms with Crippen LogP contribution in [0.5, 0.6) is 0 Å². The molecule has 0 radical (unpaired) electrons. The molecule has 1 aromatic heterocycles. The number of alkyl halides is 13. The first-order valence-electron chi connectivity index (χ1n) is 6.84. The molecule has 1 aromatic rings. The molecule has 16 heteroatoms. The molecule has 0 spiro atoms. The average Bonchev–Trinajstić information content (AvgIpc) is 2.55. The van der Waals surface area contributed by atoms with Crippen LogP contribution in [0.4, 0.5) is 58.5 Å². The summed E-state index contributed by atoms with van der Waals surface area (Å²) in [5.41, 5.74) is 0.357. The second-order valence-corrected chi connectivity index (χ2v) is 6.02. The van der Waals surface area contributed by atoms with Crippen LogP contribution in [0, 0.1) is 6.92 Å². The van der Waals surface area contributed by atoms with E-state index in [1.165, 1.54) is 6.92 Å². The first-order valence-corrected chi connectivity index (χ1v) is 7.22. The smallest absolute Gasteiger partial charge is 0.305 e. The molecule has 3 nitrogen and oxygen atoms in total. The van der Waals surface area contributed by atoms with Gasteiger partial charge in [-0.3, -0.25) is 4.79 Å². The van der Waals surface area contributed by atoms with E-state index < -0.39 is 46.7 Å². The largest absolute Gasteiger partial charge is 0.393 e. The van der Waals surface area contributed by atoms with Crippen LogP contribution in [0.2, 0.25) is 0 Å². The Morgan fingerprint density at radius 3 is 1.66 bits per heavy atom. The average molecular weight is 471 g/mol. The standard InChI is InChI=1S/C13H7ClF12N2O/c1-5-2-3-6(27-4-5)28-7(29)8(15,16)9(17,18)10(19,20)11(21,22)12(23,24)13(14,25)26/h2-4H,1H3,(H,27,28,29). The van der Waals surface area contributed by atoms with Crippen LogP contribution >= 0.6 is 11.6 Å². The van der Waals surface area contributed by atoms with Gasteiger partial charge in [-0.15, -0.1) is 0 Å². The number of carbonyl (C=O) groups is 1. The van der Waals surface area contributed by atoms with Crippen LogP contribution in [0.3, 0.4) is 0 Å². The summed E-state index contributed by atoms with van der Waals surface area (Å²) < 4.78 is 158. The van der Waals surface area contributed by atoms with E-state index in [1.807, 2.05) is 0 Å². The van der Waals surface area contributed by atoms with Crippen molar-refractivity contribution in [2.75, 3.05) is 5.32 Å². The fourth-order valence-corrected chi connectivity index (χ4v) is 1.77. The molecule has 1 N–H and O–H groups in total. The van der Waals surface area contributed by atoms with Gasteiger partial charge in [0.2, 0.25) is 0 Å². The highest BCUT2D eigenvalue weighted by Gasteiger charge is 2.91. The van der Waals surface area contributed by atoms with Gasteiger partial charge in [0.25, 0.3) is 0 Å². The molecule has 0 saturated heterocycles. The second kappa shape index (κ2) is 7.09. The summed E-state index contributed by atoms with van der Waals surface area (Å²) >= 11 is 3.55. The van der Waals surface area contributed by atoms with Gasteiger partial charge in [0.1, 0.15) is 5.82 Å². The van der Waals surface area contributed by atoms with E-state index in [2.05, 4.69) is 16.6 Å². The van der Waals surface area contributed by atoms with Crippen molar-refractivity contribution in [3.8, 4) is 0 Å². The number of hydrogen-bond donors (Lipinski definition) is 1. The molecule has 0 aliphatic heterocycles. The number of amides is 1. The Labute approximate surface area is 158 Å². The van der Waals surface area contributed by atoms with Gasteiger partial charge in [-0.1, -0.05) is 6.07 Å². The molecule has 0 saturated carbocycles. The monoisotopic (exact) mass is 470 g/mol. The summed E-state index contributed by atoms with van der Waals surface area (Å²) in [6, 6.07) is 1.79. The van der Waals surface area contributed by atoms with Gasteiger partial charge in [0.15, 0.2) is 0 Å². The van der Waals surface area contributed by atoms with Crippen molar-refractivity contribution in [3.63, 3.8) is 0 Å². The Morgan fingerprint density at radius 2 is 1.28 bits per heavy atom. The fourth-order valence-electron chi connectivity index (χ4n) is 1.65. The summed E-state index contributed by atoms with van der Waals surface area (Å²) in [6.45, 7) is 1.40. The molecule has 0 unspecified atom stereocenters. The lowest BCUT2D eigenvalue weighted by molar-refractivity contribution is -0.411. The molecule has 0 atom stereocenters. The SMILES string of the molecule is Cc1ccc(NC(=O)C(F)(F)C(F)(F)C(F)(F)C(F)(F)C(F)(F)C(F)(F)Cl)nc1. The Balaban J connectivity index is 3.37. The third-order valence-electron chi connectivity index (χ3n) is 3.37. The zero-order valence-electron chi connectivity index (χ0n) is 13.5. The number of rotatable bonds is 7. The Kier molecular flexibility index (Phi) is 6.14. The number of aryl methyl sites for hydroxylation is 1. The van der Waals surface area contributed by atoms with E-state index in [9.17, 15) is 57.5 Å². The van der Waals surface area contributed by atoms with Crippen molar-refractivity contribution in [2.24, 2.45) is 0 Å². The highest BCUT2D eigenvalue weighted by molar-refractivity contribution is 6.22. The van der Waals surface area contributed by atoms with Crippen LogP contribution in [0.25, 0.3) is 0 Å². The predicted molar refractivity (Wildman–Crippen MR) is 73.1 cm³/mol. The number of nitrogens with zero attached hydrogens (tertiary/aromatic N) is 1. The number of nitrogens with one attached hydrogen (secondary N) is 1. The highest BCUT2D eigenvalue weighted by atomic mass is 35.5. The van der Waals surface area contributed by atoms with Gasteiger partial charge in [-0.05, 0) is 30.2 Å². The first-order chi connectivity index (χ1) is 12.6. The minimum atomic E-state index is -7.87. The molecular weight excluding hydrogens is 464 g/mol. The molecule has 29 heavy (non-hydrogen) atoms. The molecule has 0 fully saturated rings. The van der Waals surface area contributed by atoms with Crippen molar-refractivity contribution in [1.29, 1.82) is 0 Å². The maximum Gasteiger partial charge on any atom is 0.393 e. The van der Waals surface area contributed by atoms with Crippen molar-refractivity contribution < 1.29 is 57.5 Å². The van der Waals surface area contributed by atoms with Gasteiger partial charge in [-0.2, -0.15) is 52.7 Å². The van der Waals surface area contributed by atoms with Crippen LogP contribution in [-0.4, -0.2) is 45.9 Å². The van der Waals surface area contributed by atoms with Crippen LogP contribution in [0.15, 0.2) is 18.3 Å². The topological polar surface area (TPSA) is 42.0 Å². The maximum absolute atomic E-state index is 13.6. The van der Waals surface area contributed by atoms with Gasteiger partial charge < -0.3 is 5.32 Å². The third-order valence-corrected chi connectivity index (χ3v) is 3.61. The quantitative estimate of drug-likeness (QED) is 0.432. The van der Waals surface area contributed by atoms with Crippen molar-refractivity contribution in [3.05, 3.63) is 23.9 Å². The van der Waals surface area contributed by atoms with Gasteiger partial charge in [0, 0.05) is 6.20 Å². The normalized spacial score (nSPS) is 14.7. The summed E-state index contributed by atoms with van der Waals surface area (Å²) in [6.07, 6.45) is 0.887. The molecule has 0 aliphatic carbocycles. The molecule has 0 aliphatic rings. The van der Waals surface area contributed by atoms with Crippen molar-refractivity contribution in [1.82, 2.24) is 4.98 Å². The van der Waals surface area contributed by atoms with Crippen molar-refractivity contribution in [2.45, 2.75) is 41.9 Å². The van der Waals surface area contributed by atoms with E-state index in [0.717, 1.165) is 23.6 Å². The predicted octanol–water partition coefficient (Wildman–Crippen LogP) is 5.34. The van der Waals surface area contributed by atoms with E-state index >= 15 is 0 Å². The highest BCUT2D eigenvalue weighted by Crippen LogP contribution is 2.60. The molecule has 1 rings (SSSR count). The number of halogens is 13. The first kappa shape index (κ1) is 25.1. The lowest BCUT2D eigenvalue weighted by Crippen LogP contribution is -2.71. The second-order valence-electron chi connectivity index (χ2n) is 5.54. The van der Waals surface area contributed by atoms with Gasteiger partial charge in [0.05, 0.1) is 0 Å². The minimum absolute atomic E-state index is 0.357. The summed E-state index contributed by atoms with van der Waals surface area (Å²) in [5.74, 6) is -41.8. The molecule has 1 amide bonds. The fraction of sp³-hybridized carbons (Fsp3) is 0.538. The molecular formula is C13H7ClF12N2O. The van der Waals surface area contributed by atoms with Gasteiger partial charge in [-0.25, -0.2) is 4.98 Å². The summed E-state index contributed by atoms with van der Waals surface area (Å²) in [7, 11) is 0. The number of aromatic nitrogens is 1. The van der Waals surface area contributed by atoms with E-state index in [-0.39, 0.29) is 0 Å². The minimum Gasteiger partial charge on any atom is -0.305 e. The van der Waals surface area contributed by atoms with E-state index in [1.54, 1.807) is 0 Å². The number of hydrogen-bond acceptors (Lipinski definition) is 2. The molecule has 0 bridgehead atoms. The lowest BCUT2D eigenvalue weighted by Gasteiger charge is -2.39. The summed E-state index contributed by atoms with van der Waals surface area (Å²) in [5, 5.41) is -5.65.